The second-order valence-electron chi connectivity index (χ2n) is 6.63. The zero-order valence-electron chi connectivity index (χ0n) is 14.5. The van der Waals surface area contributed by atoms with E-state index in [9.17, 15) is 8.42 Å². The van der Waals surface area contributed by atoms with Crippen molar-refractivity contribution in [2.75, 3.05) is 16.3 Å². The Labute approximate surface area is 162 Å². The van der Waals surface area contributed by atoms with Crippen LogP contribution in [0.15, 0.2) is 42.2 Å². The average Bonchev–Trinajstić information content (AvgIpc) is 3.35. The second-order valence-corrected chi connectivity index (χ2v) is 8.79. The summed E-state index contributed by atoms with van der Waals surface area (Å²) >= 11 is 6.24. The second kappa shape index (κ2) is 6.99. The zero-order valence-corrected chi connectivity index (χ0v) is 16.1. The molecule has 0 spiro atoms. The van der Waals surface area contributed by atoms with Crippen LogP contribution < -0.4 is 20.9 Å². The molecule has 0 amide bonds. The van der Waals surface area contributed by atoms with E-state index in [1.165, 1.54) is 24.7 Å². The summed E-state index contributed by atoms with van der Waals surface area (Å²) in [5, 5.41) is 3.64. The van der Waals surface area contributed by atoms with E-state index in [0.717, 1.165) is 6.26 Å². The summed E-state index contributed by atoms with van der Waals surface area (Å²) in [7, 11) is -3.36. The van der Waals surface area contributed by atoms with Crippen LogP contribution in [0.2, 0.25) is 5.02 Å². The molecule has 4 rings (SSSR count). The van der Waals surface area contributed by atoms with Crippen LogP contribution in [0.3, 0.4) is 0 Å². The highest BCUT2D eigenvalue weighted by Crippen LogP contribution is 2.36. The molecule has 10 heteroatoms. The fourth-order valence-corrected chi connectivity index (χ4v) is 3.53. The number of halogens is 1. The molecule has 2 aromatic rings. The Bertz CT molecular complexity index is 1010. The van der Waals surface area contributed by atoms with Crippen molar-refractivity contribution in [1.29, 1.82) is 0 Å². The van der Waals surface area contributed by atoms with Crippen molar-refractivity contribution in [3.05, 3.63) is 47.3 Å². The number of rotatable bonds is 6. The SMILES string of the molecule is CS(=O)(=O)Nc1cccc(-c2ncc(Cl)c(NC3C=C(C4CC4)NN3)n2)c1. The van der Waals surface area contributed by atoms with E-state index < -0.39 is 10.0 Å². The number of hydrogen-bond donors (Lipinski definition) is 4. The van der Waals surface area contributed by atoms with Gasteiger partial charge >= 0.3 is 0 Å². The van der Waals surface area contributed by atoms with E-state index in [0.29, 0.717) is 33.8 Å². The van der Waals surface area contributed by atoms with Crippen molar-refractivity contribution in [1.82, 2.24) is 20.8 Å². The molecule has 8 nitrogen and oxygen atoms in total. The van der Waals surface area contributed by atoms with Gasteiger partial charge in [0.15, 0.2) is 5.82 Å². The van der Waals surface area contributed by atoms with Crippen molar-refractivity contribution in [2.24, 2.45) is 5.92 Å². The van der Waals surface area contributed by atoms with Crippen LogP contribution in [0.4, 0.5) is 11.5 Å². The molecule has 2 aliphatic rings. The summed E-state index contributed by atoms with van der Waals surface area (Å²) in [5.41, 5.74) is 8.64. The molecule has 1 aliphatic heterocycles. The Kier molecular flexibility index (Phi) is 4.67. The number of sulfonamides is 1. The molecule has 0 radical (unpaired) electrons. The molecule has 27 heavy (non-hydrogen) atoms. The van der Waals surface area contributed by atoms with Crippen LogP contribution in [-0.4, -0.2) is 30.8 Å². The number of anilines is 2. The van der Waals surface area contributed by atoms with Crippen LogP contribution in [0.1, 0.15) is 12.8 Å². The van der Waals surface area contributed by atoms with Crippen molar-refractivity contribution in [3.8, 4) is 11.4 Å². The van der Waals surface area contributed by atoms with Crippen LogP contribution in [0.5, 0.6) is 0 Å². The molecular weight excluding hydrogens is 388 g/mol. The molecule has 0 saturated heterocycles. The third-order valence-corrected chi connectivity index (χ3v) is 5.08. The fraction of sp³-hybridized carbons (Fsp3) is 0.294. The molecule has 142 valence electrons. The molecule has 1 unspecified atom stereocenters. The molecule has 1 fully saturated rings. The Morgan fingerprint density at radius 1 is 1.30 bits per heavy atom. The first-order valence-electron chi connectivity index (χ1n) is 8.48. The standard InChI is InChI=1S/C17H19ClN6O2S/c1-27(25,26)24-12-4-2-3-11(7-12)16-19-9-13(18)17(21-16)20-15-8-14(22-23-15)10-5-6-10/h2-4,7-10,15,22-24H,5-6H2,1H3,(H,19,20,21). The lowest BCUT2D eigenvalue weighted by Gasteiger charge is -2.14. The van der Waals surface area contributed by atoms with Gasteiger partial charge in [0.1, 0.15) is 17.0 Å². The molecule has 1 aromatic heterocycles. The third-order valence-electron chi connectivity index (χ3n) is 4.20. The van der Waals surface area contributed by atoms with E-state index in [-0.39, 0.29) is 6.17 Å². The highest BCUT2D eigenvalue weighted by atomic mass is 35.5. The highest BCUT2D eigenvalue weighted by molar-refractivity contribution is 7.92. The number of benzene rings is 1. The van der Waals surface area contributed by atoms with Crippen LogP contribution in [0.25, 0.3) is 11.4 Å². The number of nitrogens with zero attached hydrogens (tertiary/aromatic N) is 2. The predicted octanol–water partition coefficient (Wildman–Crippen LogP) is 2.31. The Hall–Kier alpha value is -2.36. The van der Waals surface area contributed by atoms with Gasteiger partial charge in [-0.2, -0.15) is 0 Å². The predicted molar refractivity (Wildman–Crippen MR) is 105 cm³/mol. The number of nitrogens with one attached hydrogen (secondary N) is 4. The van der Waals surface area contributed by atoms with Crippen molar-refractivity contribution in [2.45, 2.75) is 19.0 Å². The summed E-state index contributed by atoms with van der Waals surface area (Å²) in [4.78, 5) is 8.76. The highest BCUT2D eigenvalue weighted by Gasteiger charge is 2.30. The maximum Gasteiger partial charge on any atom is 0.229 e. The summed E-state index contributed by atoms with van der Waals surface area (Å²) in [6, 6.07) is 6.88. The first-order valence-corrected chi connectivity index (χ1v) is 10.7. The maximum absolute atomic E-state index is 11.4. The van der Waals surface area contributed by atoms with Crippen LogP contribution >= 0.6 is 11.6 Å². The van der Waals surface area contributed by atoms with E-state index in [1.807, 2.05) is 0 Å². The normalized spacial score (nSPS) is 19.3. The molecule has 1 saturated carbocycles. The van der Waals surface area contributed by atoms with Gasteiger partial charge in [0.05, 0.1) is 12.5 Å². The Morgan fingerprint density at radius 3 is 2.85 bits per heavy atom. The fourth-order valence-electron chi connectivity index (χ4n) is 2.82. The van der Waals surface area contributed by atoms with Gasteiger partial charge in [-0.3, -0.25) is 4.72 Å². The minimum Gasteiger partial charge on any atom is -0.349 e. The van der Waals surface area contributed by atoms with Gasteiger partial charge in [-0.05, 0) is 37.0 Å². The number of hydrogen-bond acceptors (Lipinski definition) is 7. The topological polar surface area (TPSA) is 108 Å². The first-order chi connectivity index (χ1) is 12.9. The van der Waals surface area contributed by atoms with Gasteiger partial charge in [0.25, 0.3) is 0 Å². The van der Waals surface area contributed by atoms with Crippen molar-refractivity contribution in [3.63, 3.8) is 0 Å². The third kappa shape index (κ3) is 4.49. The minimum atomic E-state index is -3.36. The van der Waals surface area contributed by atoms with Gasteiger partial charge in [0.2, 0.25) is 10.0 Å². The zero-order chi connectivity index (χ0) is 19.0. The summed E-state index contributed by atoms with van der Waals surface area (Å²) in [6.45, 7) is 0. The molecule has 1 atom stereocenters. The monoisotopic (exact) mass is 406 g/mol. The van der Waals surface area contributed by atoms with E-state index in [4.69, 9.17) is 11.6 Å². The number of hydrazine groups is 1. The van der Waals surface area contributed by atoms with Gasteiger partial charge in [-0.25, -0.2) is 23.8 Å². The lowest BCUT2D eigenvalue weighted by Crippen LogP contribution is -2.37. The minimum absolute atomic E-state index is 0.126. The summed E-state index contributed by atoms with van der Waals surface area (Å²) in [6.07, 6.45) is 7.02. The maximum atomic E-state index is 11.4. The Morgan fingerprint density at radius 2 is 2.11 bits per heavy atom. The molecule has 1 aromatic carbocycles. The van der Waals surface area contributed by atoms with Gasteiger partial charge in [-0.15, -0.1) is 0 Å². The largest absolute Gasteiger partial charge is 0.349 e. The van der Waals surface area contributed by atoms with Gasteiger partial charge < -0.3 is 10.7 Å². The van der Waals surface area contributed by atoms with E-state index in [2.05, 4.69) is 36.9 Å². The van der Waals surface area contributed by atoms with Gasteiger partial charge in [0, 0.05) is 16.9 Å². The molecular formula is C17H19ClN6O2S. The number of allylic oxidation sites excluding steroid dienone is 1. The van der Waals surface area contributed by atoms with E-state index in [1.54, 1.807) is 24.3 Å². The smallest absolute Gasteiger partial charge is 0.229 e. The summed E-state index contributed by atoms with van der Waals surface area (Å²) < 4.78 is 25.3. The molecule has 1 aliphatic carbocycles. The molecule has 0 bridgehead atoms. The summed E-state index contributed by atoms with van der Waals surface area (Å²) in [5.74, 6) is 1.55. The Balaban J connectivity index is 1.56. The van der Waals surface area contributed by atoms with Crippen molar-refractivity contribution >= 4 is 33.1 Å². The van der Waals surface area contributed by atoms with Crippen LogP contribution in [-0.2, 0) is 10.0 Å². The number of aromatic nitrogens is 2. The lowest BCUT2D eigenvalue weighted by molar-refractivity contribution is 0.599. The van der Waals surface area contributed by atoms with Gasteiger partial charge in [-0.1, -0.05) is 23.7 Å². The quantitative estimate of drug-likeness (QED) is 0.583. The van der Waals surface area contributed by atoms with Crippen molar-refractivity contribution < 1.29 is 8.42 Å². The molecule has 4 N–H and O–H groups in total. The lowest BCUT2D eigenvalue weighted by atomic mass is 10.2. The average molecular weight is 407 g/mol. The first kappa shape index (κ1) is 18.0. The van der Waals surface area contributed by atoms with Crippen LogP contribution in [0, 0.1) is 5.92 Å². The molecule has 2 heterocycles. The van der Waals surface area contributed by atoms with E-state index >= 15 is 0 Å².